The van der Waals surface area contributed by atoms with Crippen LogP contribution in [0.5, 0.6) is 0 Å². The fourth-order valence-corrected chi connectivity index (χ4v) is 5.45. The maximum atomic E-state index is 5.99. The third-order valence-electron chi connectivity index (χ3n) is 6.06. The Kier molecular flexibility index (Phi) is 2.75. The summed E-state index contributed by atoms with van der Waals surface area (Å²) in [6.45, 7) is 4.18. The number of nitrogens with two attached hydrogens (primary N) is 2. The third kappa shape index (κ3) is 1.39. The monoisotopic (exact) mass is 222 g/mol. The Morgan fingerprint density at radius 1 is 0.812 bits per heavy atom. The van der Waals surface area contributed by atoms with E-state index < -0.39 is 0 Å². The first-order chi connectivity index (χ1) is 7.76. The van der Waals surface area contributed by atoms with E-state index in [-0.39, 0.29) is 0 Å². The van der Waals surface area contributed by atoms with Gasteiger partial charge in [-0.2, -0.15) is 0 Å². The second kappa shape index (κ2) is 3.99. The predicted molar refractivity (Wildman–Crippen MR) is 66.7 cm³/mol. The van der Waals surface area contributed by atoms with Gasteiger partial charge in [-0.3, -0.25) is 0 Å². The molecule has 2 bridgehead atoms. The lowest BCUT2D eigenvalue weighted by Crippen LogP contribution is -2.43. The fourth-order valence-electron chi connectivity index (χ4n) is 5.45. The van der Waals surface area contributed by atoms with E-state index in [1.54, 1.807) is 0 Å². The zero-order valence-electron chi connectivity index (χ0n) is 10.4. The Bertz CT molecular complexity index is 263. The Hall–Kier alpha value is -0.0800. The molecule has 3 saturated carbocycles. The van der Waals surface area contributed by atoms with Gasteiger partial charge in [-0.15, -0.1) is 0 Å². The van der Waals surface area contributed by atoms with Crippen molar-refractivity contribution in [3.63, 3.8) is 0 Å². The van der Waals surface area contributed by atoms with Crippen LogP contribution in [-0.2, 0) is 0 Å². The first-order valence-electron chi connectivity index (χ1n) is 7.16. The molecule has 0 amide bonds. The van der Waals surface area contributed by atoms with Crippen LogP contribution in [0.15, 0.2) is 0 Å². The van der Waals surface area contributed by atoms with Crippen molar-refractivity contribution >= 4 is 0 Å². The standard InChI is InChI=1S/C14H26N2/c1-8-2-3-9-10(4-8)12-5-11(9)13(6-15)14(12)7-16/h8-14H,2-7,15-16H2,1H3. The summed E-state index contributed by atoms with van der Waals surface area (Å²) in [6, 6.07) is 0. The maximum absolute atomic E-state index is 5.99. The van der Waals surface area contributed by atoms with Crippen LogP contribution in [0.25, 0.3) is 0 Å². The van der Waals surface area contributed by atoms with E-state index in [1.165, 1.54) is 25.7 Å². The van der Waals surface area contributed by atoms with Crippen molar-refractivity contribution in [2.45, 2.75) is 32.6 Å². The summed E-state index contributed by atoms with van der Waals surface area (Å²) in [6.07, 6.45) is 5.85. The predicted octanol–water partition coefficient (Wildman–Crippen LogP) is 1.84. The van der Waals surface area contributed by atoms with E-state index in [0.29, 0.717) is 0 Å². The number of rotatable bonds is 2. The lowest BCUT2D eigenvalue weighted by atomic mass is 9.61. The van der Waals surface area contributed by atoms with Crippen LogP contribution in [0.1, 0.15) is 32.6 Å². The van der Waals surface area contributed by atoms with Crippen molar-refractivity contribution < 1.29 is 0 Å². The molecule has 0 aliphatic heterocycles. The van der Waals surface area contributed by atoms with Crippen molar-refractivity contribution in [3.8, 4) is 0 Å². The highest BCUT2D eigenvalue weighted by molar-refractivity contribution is 5.06. The molecule has 3 rings (SSSR count). The smallest absolute Gasteiger partial charge is 0.00429 e. The van der Waals surface area contributed by atoms with Gasteiger partial charge in [0, 0.05) is 0 Å². The van der Waals surface area contributed by atoms with Crippen molar-refractivity contribution in [1.82, 2.24) is 0 Å². The molecule has 0 aromatic rings. The summed E-state index contributed by atoms with van der Waals surface area (Å²) in [7, 11) is 0. The van der Waals surface area contributed by atoms with Crippen LogP contribution in [-0.4, -0.2) is 13.1 Å². The quantitative estimate of drug-likeness (QED) is 0.749. The van der Waals surface area contributed by atoms with Crippen LogP contribution >= 0.6 is 0 Å². The number of fused-ring (bicyclic) bond motifs is 5. The molecule has 0 saturated heterocycles. The van der Waals surface area contributed by atoms with Gasteiger partial charge in [0.2, 0.25) is 0 Å². The SMILES string of the molecule is CC1CCC2C(C1)C1CC2C(CN)C1CN. The molecular weight excluding hydrogens is 196 g/mol. The molecule has 3 aliphatic rings. The summed E-state index contributed by atoms with van der Waals surface area (Å²) in [5.41, 5.74) is 12.0. The molecule has 3 aliphatic carbocycles. The highest BCUT2D eigenvalue weighted by Crippen LogP contribution is 2.62. The van der Waals surface area contributed by atoms with Crippen LogP contribution in [0, 0.1) is 41.4 Å². The fraction of sp³-hybridized carbons (Fsp3) is 1.00. The van der Waals surface area contributed by atoms with Crippen LogP contribution < -0.4 is 11.5 Å². The number of hydrogen-bond donors (Lipinski definition) is 2. The van der Waals surface area contributed by atoms with Gasteiger partial charge < -0.3 is 11.5 Å². The highest BCUT2D eigenvalue weighted by atomic mass is 14.7. The average Bonchev–Trinajstić information content (AvgIpc) is 2.83. The second-order valence-corrected chi connectivity index (χ2v) is 6.61. The molecule has 0 aromatic heterocycles. The van der Waals surface area contributed by atoms with Gasteiger partial charge in [-0.25, -0.2) is 0 Å². The maximum Gasteiger partial charge on any atom is -0.00429 e. The van der Waals surface area contributed by atoms with Crippen molar-refractivity contribution in [1.29, 1.82) is 0 Å². The van der Waals surface area contributed by atoms with Crippen molar-refractivity contribution in [2.24, 2.45) is 52.9 Å². The van der Waals surface area contributed by atoms with E-state index in [2.05, 4.69) is 6.92 Å². The molecule has 92 valence electrons. The van der Waals surface area contributed by atoms with Gasteiger partial charge in [0.05, 0.1) is 0 Å². The number of hydrogen-bond acceptors (Lipinski definition) is 2. The van der Waals surface area contributed by atoms with Gasteiger partial charge in [0.15, 0.2) is 0 Å². The molecule has 16 heavy (non-hydrogen) atoms. The molecule has 7 atom stereocenters. The van der Waals surface area contributed by atoms with Gasteiger partial charge in [-0.1, -0.05) is 13.3 Å². The van der Waals surface area contributed by atoms with E-state index >= 15 is 0 Å². The normalized spacial score (nSPS) is 55.3. The molecule has 4 N–H and O–H groups in total. The van der Waals surface area contributed by atoms with E-state index in [0.717, 1.165) is 54.5 Å². The highest BCUT2D eigenvalue weighted by Gasteiger charge is 2.57. The lowest BCUT2D eigenvalue weighted by molar-refractivity contribution is 0.0530. The van der Waals surface area contributed by atoms with Crippen molar-refractivity contribution in [2.75, 3.05) is 13.1 Å². The minimum absolute atomic E-state index is 0.751. The minimum Gasteiger partial charge on any atom is -0.330 e. The van der Waals surface area contributed by atoms with Crippen molar-refractivity contribution in [3.05, 3.63) is 0 Å². The summed E-state index contributed by atoms with van der Waals surface area (Å²) in [5.74, 6) is 6.33. The molecule has 0 spiro atoms. The zero-order valence-corrected chi connectivity index (χ0v) is 10.4. The van der Waals surface area contributed by atoms with E-state index in [1.807, 2.05) is 0 Å². The van der Waals surface area contributed by atoms with Gasteiger partial charge in [-0.05, 0) is 73.8 Å². The molecule has 2 heteroatoms. The van der Waals surface area contributed by atoms with E-state index in [4.69, 9.17) is 11.5 Å². The van der Waals surface area contributed by atoms with Crippen LogP contribution in [0.3, 0.4) is 0 Å². The first-order valence-corrected chi connectivity index (χ1v) is 7.16. The third-order valence-corrected chi connectivity index (χ3v) is 6.06. The molecule has 2 nitrogen and oxygen atoms in total. The largest absolute Gasteiger partial charge is 0.330 e. The van der Waals surface area contributed by atoms with Crippen LogP contribution in [0.2, 0.25) is 0 Å². The molecule has 0 radical (unpaired) electrons. The molecule has 3 fully saturated rings. The summed E-state index contributed by atoms with van der Waals surface area (Å²) in [5, 5.41) is 0. The Morgan fingerprint density at radius 2 is 1.44 bits per heavy atom. The summed E-state index contributed by atoms with van der Waals surface area (Å²) < 4.78 is 0. The Labute approximate surface area is 99.1 Å². The molecular formula is C14H26N2. The summed E-state index contributed by atoms with van der Waals surface area (Å²) in [4.78, 5) is 0. The Morgan fingerprint density at radius 3 is 2.06 bits per heavy atom. The summed E-state index contributed by atoms with van der Waals surface area (Å²) >= 11 is 0. The van der Waals surface area contributed by atoms with Crippen LogP contribution in [0.4, 0.5) is 0 Å². The van der Waals surface area contributed by atoms with Gasteiger partial charge >= 0.3 is 0 Å². The Balaban J connectivity index is 1.82. The minimum atomic E-state index is 0.751. The van der Waals surface area contributed by atoms with Gasteiger partial charge in [0.1, 0.15) is 0 Å². The average molecular weight is 222 g/mol. The van der Waals surface area contributed by atoms with E-state index in [9.17, 15) is 0 Å². The molecule has 7 unspecified atom stereocenters. The zero-order chi connectivity index (χ0) is 11.3. The van der Waals surface area contributed by atoms with Gasteiger partial charge in [0.25, 0.3) is 0 Å². The molecule has 0 heterocycles. The second-order valence-electron chi connectivity index (χ2n) is 6.61. The lowest BCUT2D eigenvalue weighted by Gasteiger charge is -2.44. The molecule has 0 aromatic carbocycles. The topological polar surface area (TPSA) is 52.0 Å². The first kappa shape index (κ1) is 11.0.